The molecule has 0 unspecified atom stereocenters. The van der Waals surface area contributed by atoms with E-state index < -0.39 is 0 Å². The molecule has 0 saturated carbocycles. The Kier molecular flexibility index (Phi) is 6.99. The number of hydrogen-bond donors (Lipinski definition) is 1. The molecule has 4 rings (SSSR count). The standard InChI is InChI=1S/C24H28N6O3/c1-18-8-12-30(19-6-3-4-7-20(19)33-2)23(32)21(18)22(31)25-11-13-28-14-16-29(17-15-28)24-26-9-5-10-27-24/h3-10,12H,11,13-17H2,1-2H3,(H,25,31). The normalized spacial score (nSPS) is 14.2. The summed E-state index contributed by atoms with van der Waals surface area (Å²) in [7, 11) is 1.55. The van der Waals surface area contributed by atoms with Gasteiger partial charge in [-0.3, -0.25) is 19.1 Å². The van der Waals surface area contributed by atoms with Gasteiger partial charge in [-0.05, 0) is 36.8 Å². The fraction of sp³-hybridized carbons (Fsp3) is 0.333. The monoisotopic (exact) mass is 448 g/mol. The summed E-state index contributed by atoms with van der Waals surface area (Å²) < 4.78 is 6.83. The van der Waals surface area contributed by atoms with E-state index in [-0.39, 0.29) is 17.0 Å². The van der Waals surface area contributed by atoms with Crippen LogP contribution in [0.25, 0.3) is 5.69 Å². The van der Waals surface area contributed by atoms with Gasteiger partial charge in [0, 0.05) is 57.9 Å². The highest BCUT2D eigenvalue weighted by molar-refractivity contribution is 5.95. The van der Waals surface area contributed by atoms with E-state index in [4.69, 9.17) is 4.74 Å². The van der Waals surface area contributed by atoms with Crippen molar-refractivity contribution in [3.05, 3.63) is 76.5 Å². The lowest BCUT2D eigenvalue weighted by molar-refractivity contribution is 0.0945. The third kappa shape index (κ3) is 5.04. The number of methoxy groups -OCH3 is 1. The molecule has 1 aromatic carbocycles. The number of piperazine rings is 1. The summed E-state index contributed by atoms with van der Waals surface area (Å²) in [4.78, 5) is 39.1. The second kappa shape index (κ2) is 10.3. The van der Waals surface area contributed by atoms with Gasteiger partial charge in [-0.2, -0.15) is 0 Å². The second-order valence-corrected chi connectivity index (χ2v) is 7.85. The predicted molar refractivity (Wildman–Crippen MR) is 126 cm³/mol. The topological polar surface area (TPSA) is 92.6 Å². The van der Waals surface area contributed by atoms with Gasteiger partial charge in [0.2, 0.25) is 5.95 Å². The molecule has 1 aliphatic heterocycles. The van der Waals surface area contributed by atoms with Crippen LogP contribution in [-0.2, 0) is 0 Å². The van der Waals surface area contributed by atoms with Gasteiger partial charge in [-0.1, -0.05) is 12.1 Å². The molecular weight excluding hydrogens is 420 g/mol. The molecule has 3 aromatic rings. The van der Waals surface area contributed by atoms with E-state index in [0.717, 1.165) is 32.1 Å². The summed E-state index contributed by atoms with van der Waals surface area (Å²) >= 11 is 0. The van der Waals surface area contributed by atoms with E-state index in [9.17, 15) is 9.59 Å². The van der Waals surface area contributed by atoms with Crippen LogP contribution in [0.4, 0.5) is 5.95 Å². The molecule has 0 radical (unpaired) electrons. The molecule has 2 aromatic heterocycles. The number of hydrogen-bond acceptors (Lipinski definition) is 7. The Labute approximate surface area is 192 Å². The first-order chi connectivity index (χ1) is 16.1. The number of nitrogens with zero attached hydrogens (tertiary/aromatic N) is 5. The number of amides is 1. The van der Waals surface area contributed by atoms with E-state index >= 15 is 0 Å². The van der Waals surface area contributed by atoms with E-state index in [1.807, 2.05) is 18.2 Å². The zero-order valence-electron chi connectivity index (χ0n) is 18.9. The van der Waals surface area contributed by atoms with Crippen LogP contribution in [0.15, 0.2) is 59.8 Å². The van der Waals surface area contributed by atoms with Gasteiger partial charge < -0.3 is 15.0 Å². The van der Waals surface area contributed by atoms with Crippen LogP contribution in [0.1, 0.15) is 15.9 Å². The van der Waals surface area contributed by atoms with Crippen molar-refractivity contribution in [1.29, 1.82) is 0 Å². The highest BCUT2D eigenvalue weighted by Crippen LogP contribution is 2.21. The number of para-hydroxylation sites is 2. The summed E-state index contributed by atoms with van der Waals surface area (Å²) in [5, 5.41) is 2.91. The molecule has 9 nitrogen and oxygen atoms in total. The summed E-state index contributed by atoms with van der Waals surface area (Å²) in [6.07, 6.45) is 5.16. The van der Waals surface area contributed by atoms with Crippen LogP contribution < -0.4 is 20.5 Å². The Morgan fingerprint density at radius 3 is 2.52 bits per heavy atom. The molecule has 172 valence electrons. The van der Waals surface area contributed by atoms with Crippen LogP contribution in [0.2, 0.25) is 0 Å². The van der Waals surface area contributed by atoms with Gasteiger partial charge in [0.05, 0.1) is 12.8 Å². The molecule has 1 aliphatic rings. The third-order valence-corrected chi connectivity index (χ3v) is 5.79. The highest BCUT2D eigenvalue weighted by atomic mass is 16.5. The highest BCUT2D eigenvalue weighted by Gasteiger charge is 2.20. The Morgan fingerprint density at radius 1 is 1.06 bits per heavy atom. The number of ether oxygens (including phenoxy) is 1. The minimum Gasteiger partial charge on any atom is -0.495 e. The van der Waals surface area contributed by atoms with E-state index in [1.165, 1.54) is 4.57 Å². The second-order valence-electron chi connectivity index (χ2n) is 7.85. The zero-order valence-corrected chi connectivity index (χ0v) is 18.9. The van der Waals surface area contributed by atoms with Gasteiger partial charge in [-0.15, -0.1) is 0 Å². The first-order valence-electron chi connectivity index (χ1n) is 11.0. The Bertz CT molecular complexity index is 1160. The Hall–Kier alpha value is -3.72. The van der Waals surface area contributed by atoms with Crippen molar-refractivity contribution < 1.29 is 9.53 Å². The van der Waals surface area contributed by atoms with Crippen molar-refractivity contribution >= 4 is 11.9 Å². The first kappa shape index (κ1) is 22.5. The quantitative estimate of drug-likeness (QED) is 0.586. The molecule has 0 atom stereocenters. The van der Waals surface area contributed by atoms with Crippen LogP contribution in [0, 0.1) is 6.92 Å². The molecule has 0 bridgehead atoms. The maximum Gasteiger partial charge on any atom is 0.268 e. The van der Waals surface area contributed by atoms with Crippen LogP contribution in [0.5, 0.6) is 5.75 Å². The average Bonchev–Trinajstić information content (AvgIpc) is 2.85. The molecule has 9 heteroatoms. The molecule has 3 heterocycles. The van der Waals surface area contributed by atoms with Crippen LogP contribution in [0.3, 0.4) is 0 Å². The molecule has 33 heavy (non-hydrogen) atoms. The van der Waals surface area contributed by atoms with Gasteiger partial charge in [0.1, 0.15) is 11.3 Å². The molecular formula is C24H28N6O3. The minimum absolute atomic E-state index is 0.148. The van der Waals surface area contributed by atoms with Gasteiger partial charge >= 0.3 is 0 Å². The molecule has 1 saturated heterocycles. The van der Waals surface area contributed by atoms with Gasteiger partial charge in [-0.25, -0.2) is 9.97 Å². The molecule has 1 amide bonds. The molecule has 0 aliphatic carbocycles. The zero-order chi connectivity index (χ0) is 23.2. The number of nitrogens with one attached hydrogen (secondary N) is 1. The first-order valence-corrected chi connectivity index (χ1v) is 11.0. The largest absolute Gasteiger partial charge is 0.495 e. The van der Waals surface area contributed by atoms with Crippen LogP contribution in [-0.4, -0.2) is 71.7 Å². The van der Waals surface area contributed by atoms with Crippen molar-refractivity contribution in [2.75, 3.05) is 51.3 Å². The smallest absolute Gasteiger partial charge is 0.268 e. The number of benzene rings is 1. The van der Waals surface area contributed by atoms with Crippen molar-refractivity contribution in [2.45, 2.75) is 6.92 Å². The molecule has 1 N–H and O–H groups in total. The van der Waals surface area contributed by atoms with Crippen LogP contribution >= 0.6 is 0 Å². The maximum atomic E-state index is 13.2. The molecule has 0 spiro atoms. The fourth-order valence-electron chi connectivity index (χ4n) is 3.96. The number of aryl methyl sites for hydroxylation is 1. The number of rotatable bonds is 7. The molecule has 1 fully saturated rings. The number of aromatic nitrogens is 3. The van der Waals surface area contributed by atoms with Gasteiger partial charge in [0.25, 0.3) is 11.5 Å². The maximum absolute atomic E-state index is 13.2. The van der Waals surface area contributed by atoms with Gasteiger partial charge in [0.15, 0.2) is 0 Å². The van der Waals surface area contributed by atoms with E-state index in [0.29, 0.717) is 30.1 Å². The van der Waals surface area contributed by atoms with Crippen molar-refractivity contribution in [3.63, 3.8) is 0 Å². The van der Waals surface area contributed by atoms with Crippen molar-refractivity contribution in [1.82, 2.24) is 24.8 Å². The fourth-order valence-corrected chi connectivity index (χ4v) is 3.96. The van der Waals surface area contributed by atoms with E-state index in [1.54, 1.807) is 50.8 Å². The van der Waals surface area contributed by atoms with E-state index in [2.05, 4.69) is 25.1 Å². The SMILES string of the molecule is COc1ccccc1-n1ccc(C)c(C(=O)NCCN2CCN(c3ncccn3)CC2)c1=O. The summed E-state index contributed by atoms with van der Waals surface area (Å²) in [6, 6.07) is 10.8. The predicted octanol–water partition coefficient (Wildman–Crippen LogP) is 1.50. The Balaban J connectivity index is 1.37. The lowest BCUT2D eigenvalue weighted by Gasteiger charge is -2.34. The number of carbonyl (C=O) groups excluding carboxylic acids is 1. The lowest BCUT2D eigenvalue weighted by atomic mass is 10.1. The summed E-state index contributed by atoms with van der Waals surface area (Å²) in [5.41, 5.74) is 1.02. The number of pyridine rings is 1. The minimum atomic E-state index is -0.367. The number of carbonyl (C=O) groups is 1. The Morgan fingerprint density at radius 2 is 1.79 bits per heavy atom. The van der Waals surface area contributed by atoms with Crippen molar-refractivity contribution in [2.24, 2.45) is 0 Å². The number of anilines is 1. The summed E-state index contributed by atoms with van der Waals surface area (Å²) in [5.74, 6) is 0.948. The lowest BCUT2D eigenvalue weighted by Crippen LogP contribution is -2.49. The van der Waals surface area contributed by atoms with Crippen molar-refractivity contribution in [3.8, 4) is 11.4 Å². The average molecular weight is 449 g/mol. The summed E-state index contributed by atoms with van der Waals surface area (Å²) in [6.45, 7) is 6.33. The third-order valence-electron chi connectivity index (χ3n) is 5.79.